The molecule has 8 heteroatoms. The third-order valence-electron chi connectivity index (χ3n) is 6.68. The summed E-state index contributed by atoms with van der Waals surface area (Å²) in [6.07, 6.45) is 0. The number of anilines is 1. The van der Waals surface area contributed by atoms with Gasteiger partial charge < -0.3 is 5.32 Å². The number of carbonyl (C=O) groups is 3. The van der Waals surface area contributed by atoms with E-state index in [0.29, 0.717) is 16.8 Å². The Balaban J connectivity index is 1.61. The van der Waals surface area contributed by atoms with E-state index >= 15 is 0 Å². The summed E-state index contributed by atoms with van der Waals surface area (Å²) in [4.78, 5) is 41.3. The molecule has 31 heavy (non-hydrogen) atoms. The highest BCUT2D eigenvalue weighted by molar-refractivity contribution is 6.15. The van der Waals surface area contributed by atoms with Crippen LogP contribution in [0.3, 0.4) is 0 Å². The molecule has 2 fully saturated rings. The van der Waals surface area contributed by atoms with Gasteiger partial charge in [0.25, 0.3) is 0 Å². The number of amides is 3. The normalized spacial score (nSPS) is 29.1. The second kappa shape index (κ2) is 6.68. The molecule has 3 amide bonds. The molecule has 5 rings (SSSR count). The van der Waals surface area contributed by atoms with Gasteiger partial charge in [-0.05, 0) is 41.8 Å². The molecule has 0 aliphatic carbocycles. The number of benzene rings is 2. The summed E-state index contributed by atoms with van der Waals surface area (Å²) >= 11 is 0. The van der Waals surface area contributed by atoms with E-state index in [1.807, 2.05) is 13.8 Å². The summed E-state index contributed by atoms with van der Waals surface area (Å²) in [5.41, 5.74) is -0.130. The first-order valence-corrected chi connectivity index (χ1v) is 10.2. The number of nitrogens with zero attached hydrogens (tertiary/aromatic N) is 1. The van der Waals surface area contributed by atoms with Crippen molar-refractivity contribution in [3.05, 3.63) is 65.2 Å². The highest BCUT2D eigenvalue weighted by Gasteiger charge is 2.70. The number of halogens is 2. The van der Waals surface area contributed by atoms with Crippen LogP contribution in [-0.4, -0.2) is 28.7 Å². The van der Waals surface area contributed by atoms with Gasteiger partial charge in [-0.25, -0.2) is 8.78 Å². The van der Waals surface area contributed by atoms with Crippen LogP contribution >= 0.6 is 0 Å². The Morgan fingerprint density at radius 1 is 1.00 bits per heavy atom. The van der Waals surface area contributed by atoms with Crippen molar-refractivity contribution in [2.75, 3.05) is 5.32 Å². The Bertz CT molecular complexity index is 1120. The minimum Gasteiger partial charge on any atom is -0.324 e. The number of hydrogen-bond acceptors (Lipinski definition) is 4. The van der Waals surface area contributed by atoms with Crippen molar-refractivity contribution in [2.24, 2.45) is 17.8 Å². The molecule has 2 saturated heterocycles. The Hall–Kier alpha value is -3.13. The lowest BCUT2D eigenvalue weighted by Crippen LogP contribution is -2.53. The monoisotopic (exact) mass is 425 g/mol. The zero-order chi connectivity index (χ0) is 22.1. The quantitative estimate of drug-likeness (QED) is 0.741. The summed E-state index contributed by atoms with van der Waals surface area (Å²) < 4.78 is 27.4. The average Bonchev–Trinajstić information content (AvgIpc) is 3.31. The molecule has 2 aromatic rings. The summed E-state index contributed by atoms with van der Waals surface area (Å²) in [7, 11) is 0. The molecule has 2 aromatic carbocycles. The largest absolute Gasteiger partial charge is 0.324 e. The van der Waals surface area contributed by atoms with Gasteiger partial charge in [0.15, 0.2) is 0 Å². The summed E-state index contributed by atoms with van der Waals surface area (Å²) in [6.45, 7) is 3.81. The highest BCUT2D eigenvalue weighted by atomic mass is 19.1. The predicted molar refractivity (Wildman–Crippen MR) is 107 cm³/mol. The molecular weight excluding hydrogens is 404 g/mol. The maximum atomic E-state index is 14.1. The van der Waals surface area contributed by atoms with Crippen LogP contribution in [0.2, 0.25) is 0 Å². The molecule has 0 saturated carbocycles. The zero-order valence-corrected chi connectivity index (χ0v) is 17.0. The summed E-state index contributed by atoms with van der Waals surface area (Å²) in [5, 5.41) is 6.00. The average molecular weight is 425 g/mol. The molecule has 1 spiro atoms. The van der Waals surface area contributed by atoms with Gasteiger partial charge in [-0.2, -0.15) is 0 Å². The van der Waals surface area contributed by atoms with Crippen LogP contribution in [0.1, 0.15) is 25.0 Å². The fourth-order valence-corrected chi connectivity index (χ4v) is 5.27. The van der Waals surface area contributed by atoms with Crippen LogP contribution < -0.4 is 10.6 Å². The molecule has 3 aliphatic rings. The lowest BCUT2D eigenvalue weighted by Gasteiger charge is -2.30. The first kappa shape index (κ1) is 19.8. The van der Waals surface area contributed by atoms with Crippen molar-refractivity contribution >= 4 is 23.4 Å². The molecule has 4 atom stereocenters. The van der Waals surface area contributed by atoms with Crippen LogP contribution in [0.25, 0.3) is 0 Å². The Morgan fingerprint density at radius 3 is 2.35 bits per heavy atom. The van der Waals surface area contributed by atoms with E-state index in [1.165, 1.54) is 42.5 Å². The maximum Gasteiger partial charge on any atom is 0.250 e. The molecule has 0 bridgehead atoms. The van der Waals surface area contributed by atoms with E-state index in [9.17, 15) is 23.2 Å². The van der Waals surface area contributed by atoms with E-state index in [1.54, 1.807) is 0 Å². The van der Waals surface area contributed by atoms with E-state index < -0.39 is 46.9 Å². The lowest BCUT2D eigenvalue weighted by molar-refractivity contribution is -0.143. The maximum absolute atomic E-state index is 14.1. The molecule has 6 nitrogen and oxygen atoms in total. The van der Waals surface area contributed by atoms with Gasteiger partial charge in [-0.15, -0.1) is 0 Å². The molecule has 0 radical (unpaired) electrons. The number of imide groups is 1. The summed E-state index contributed by atoms with van der Waals surface area (Å²) in [5.74, 6) is -4.06. The van der Waals surface area contributed by atoms with Gasteiger partial charge in [-0.1, -0.05) is 26.0 Å². The van der Waals surface area contributed by atoms with Crippen LogP contribution in [0.4, 0.5) is 14.5 Å². The molecule has 160 valence electrons. The standard InChI is InChI=1S/C23H21F2N3O3/c1-11(2)19-17-18(21(30)28(20(17)29)10-12-3-5-13(24)6-4-12)23(27-19)15-9-14(25)7-8-16(15)26-22(23)31/h3-9,11,17-19,27H,10H2,1-2H3,(H,26,31)/t17-,18-,19?,23?/m1/s1. The first-order chi connectivity index (χ1) is 14.7. The van der Waals surface area contributed by atoms with Crippen molar-refractivity contribution in [1.82, 2.24) is 10.2 Å². The van der Waals surface area contributed by atoms with Crippen LogP contribution in [-0.2, 0) is 26.5 Å². The third-order valence-corrected chi connectivity index (χ3v) is 6.68. The van der Waals surface area contributed by atoms with Crippen LogP contribution in [0.5, 0.6) is 0 Å². The second-order valence-corrected chi connectivity index (χ2v) is 8.76. The molecule has 3 aliphatic heterocycles. The Kier molecular flexibility index (Phi) is 4.27. The first-order valence-electron chi connectivity index (χ1n) is 10.2. The van der Waals surface area contributed by atoms with Crippen molar-refractivity contribution in [2.45, 2.75) is 32.0 Å². The van der Waals surface area contributed by atoms with Gasteiger partial charge in [0.05, 0.1) is 18.4 Å². The van der Waals surface area contributed by atoms with Gasteiger partial charge in [0.1, 0.15) is 17.2 Å². The Labute approximate surface area is 177 Å². The third kappa shape index (κ3) is 2.67. The van der Waals surface area contributed by atoms with Crippen LogP contribution in [0.15, 0.2) is 42.5 Å². The highest BCUT2D eigenvalue weighted by Crippen LogP contribution is 2.54. The van der Waals surface area contributed by atoms with Crippen molar-refractivity contribution < 1.29 is 23.2 Å². The predicted octanol–water partition coefficient (Wildman–Crippen LogP) is 2.54. The van der Waals surface area contributed by atoms with E-state index in [0.717, 1.165) is 4.90 Å². The number of fused-ring (bicyclic) bond motifs is 4. The molecule has 2 unspecified atom stereocenters. The Morgan fingerprint density at radius 2 is 1.68 bits per heavy atom. The number of nitrogens with one attached hydrogen (secondary N) is 2. The van der Waals surface area contributed by atoms with Crippen molar-refractivity contribution in [3.63, 3.8) is 0 Å². The molecule has 0 aromatic heterocycles. The van der Waals surface area contributed by atoms with Crippen molar-refractivity contribution in [3.8, 4) is 0 Å². The number of carbonyl (C=O) groups excluding carboxylic acids is 3. The number of likely N-dealkylation sites (tertiary alicyclic amines) is 1. The van der Waals surface area contributed by atoms with Gasteiger partial charge >= 0.3 is 0 Å². The number of hydrogen-bond donors (Lipinski definition) is 2. The van der Waals surface area contributed by atoms with E-state index in [-0.39, 0.29) is 18.4 Å². The van der Waals surface area contributed by atoms with Gasteiger partial charge in [-0.3, -0.25) is 24.6 Å². The SMILES string of the molecule is CC(C)C1NC2(C(=O)Nc3ccc(F)cc32)[C@H]2C(=O)N(Cc3ccc(F)cc3)C(=O)[C@@H]12. The molecule has 3 heterocycles. The smallest absolute Gasteiger partial charge is 0.250 e. The van der Waals surface area contributed by atoms with Gasteiger partial charge in [0.2, 0.25) is 17.7 Å². The topological polar surface area (TPSA) is 78.5 Å². The fourth-order valence-electron chi connectivity index (χ4n) is 5.27. The molecule has 2 N–H and O–H groups in total. The van der Waals surface area contributed by atoms with Gasteiger partial charge in [0, 0.05) is 17.3 Å². The van der Waals surface area contributed by atoms with Crippen molar-refractivity contribution in [1.29, 1.82) is 0 Å². The minimum absolute atomic E-state index is 0.0104. The summed E-state index contributed by atoms with van der Waals surface area (Å²) in [6, 6.07) is 9.09. The zero-order valence-electron chi connectivity index (χ0n) is 17.0. The van der Waals surface area contributed by atoms with Crippen LogP contribution in [0, 0.1) is 29.4 Å². The number of rotatable bonds is 3. The fraction of sp³-hybridized carbons (Fsp3) is 0.348. The molecular formula is C23H21F2N3O3. The van der Waals surface area contributed by atoms with E-state index in [4.69, 9.17) is 0 Å². The van der Waals surface area contributed by atoms with E-state index in [2.05, 4.69) is 10.6 Å². The lowest BCUT2D eigenvalue weighted by atomic mass is 9.76. The minimum atomic E-state index is -1.51. The second-order valence-electron chi connectivity index (χ2n) is 8.76.